The normalized spacial score (nSPS) is 21.7. The highest BCUT2D eigenvalue weighted by molar-refractivity contribution is 5.84. The summed E-state index contributed by atoms with van der Waals surface area (Å²) in [4.78, 5) is 31.9. The molecule has 0 bridgehead atoms. The van der Waals surface area contributed by atoms with Gasteiger partial charge in [0.15, 0.2) is 6.29 Å². The quantitative estimate of drug-likeness (QED) is 0.120. The van der Waals surface area contributed by atoms with Crippen molar-refractivity contribution in [2.75, 3.05) is 46.9 Å². The Kier molecular flexibility index (Phi) is 12.6. The smallest absolute Gasteiger partial charge is 0.207 e. The number of aldehydes is 1. The third-order valence-corrected chi connectivity index (χ3v) is 6.59. The van der Waals surface area contributed by atoms with Gasteiger partial charge in [-0.15, -0.1) is 0 Å². The lowest BCUT2D eigenvalue weighted by Gasteiger charge is -2.29. The molecule has 9 nitrogen and oxygen atoms in total. The minimum Gasteiger partial charge on any atom is -0.393 e. The lowest BCUT2D eigenvalue weighted by molar-refractivity contribution is -0.109. The van der Waals surface area contributed by atoms with Crippen molar-refractivity contribution < 1.29 is 19.4 Å². The van der Waals surface area contributed by atoms with Crippen LogP contribution in [0.1, 0.15) is 52.4 Å². The topological polar surface area (TPSA) is 107 Å². The fraction of sp³-hybridized carbons (Fsp3) is 0.654. The van der Waals surface area contributed by atoms with E-state index in [1.807, 2.05) is 43.8 Å². The summed E-state index contributed by atoms with van der Waals surface area (Å²) >= 11 is 0. The number of hydrogen-bond acceptors (Lipinski definition) is 6. The number of aliphatic hydroxyl groups is 1. The Balaban J connectivity index is 2.31. The molecule has 0 radical (unpaired) electrons. The largest absolute Gasteiger partial charge is 0.393 e. The molecule has 1 aliphatic carbocycles. The molecule has 1 saturated carbocycles. The molecule has 2 rings (SSSR count). The van der Waals surface area contributed by atoms with E-state index in [1.165, 1.54) is 0 Å². The van der Waals surface area contributed by atoms with Crippen molar-refractivity contribution in [1.29, 1.82) is 0 Å². The number of nitrogens with one attached hydrogen (secondary N) is 2. The summed E-state index contributed by atoms with van der Waals surface area (Å²) in [7, 11) is 3.83. The van der Waals surface area contributed by atoms with Crippen molar-refractivity contribution in [2.45, 2.75) is 58.5 Å². The second-order valence-electron chi connectivity index (χ2n) is 9.12. The van der Waals surface area contributed by atoms with E-state index in [2.05, 4.69) is 16.7 Å². The van der Waals surface area contributed by atoms with Crippen LogP contribution in [0.3, 0.4) is 0 Å². The number of ether oxygens (including phenoxy) is 1. The summed E-state index contributed by atoms with van der Waals surface area (Å²) in [6, 6.07) is 0. The highest BCUT2D eigenvalue weighted by Gasteiger charge is 2.26. The van der Waals surface area contributed by atoms with E-state index in [1.54, 1.807) is 0 Å². The fourth-order valence-electron chi connectivity index (χ4n) is 4.53. The van der Waals surface area contributed by atoms with E-state index in [-0.39, 0.29) is 12.0 Å². The maximum Gasteiger partial charge on any atom is 0.207 e. The van der Waals surface area contributed by atoms with Gasteiger partial charge >= 0.3 is 0 Å². The lowest BCUT2D eigenvalue weighted by Crippen LogP contribution is -2.40. The molecule has 1 aliphatic heterocycles. The molecule has 0 aromatic carbocycles. The zero-order valence-corrected chi connectivity index (χ0v) is 21.8. The van der Waals surface area contributed by atoms with Gasteiger partial charge in [0.05, 0.1) is 30.7 Å². The predicted molar refractivity (Wildman–Crippen MR) is 139 cm³/mol. The summed E-state index contributed by atoms with van der Waals surface area (Å²) in [5.41, 5.74) is 3.35. The Bertz CT molecular complexity index is 819. The van der Waals surface area contributed by atoms with Gasteiger partial charge in [-0.05, 0) is 50.5 Å². The van der Waals surface area contributed by atoms with Crippen LogP contribution >= 0.6 is 0 Å². The predicted octanol–water partition coefficient (Wildman–Crippen LogP) is 2.16. The Labute approximate surface area is 210 Å². The first kappa shape index (κ1) is 28.6. The molecule has 1 heterocycles. The number of nitrogens with zero attached hydrogens (tertiary/aromatic N) is 3. The zero-order chi connectivity index (χ0) is 25.6. The Morgan fingerprint density at radius 1 is 1.29 bits per heavy atom. The average molecular weight is 490 g/mol. The first-order chi connectivity index (χ1) is 16.9. The van der Waals surface area contributed by atoms with E-state index < -0.39 is 0 Å². The van der Waals surface area contributed by atoms with Crippen LogP contribution in [0, 0.1) is 5.92 Å². The van der Waals surface area contributed by atoms with Crippen LogP contribution in [0.4, 0.5) is 0 Å². The molecule has 0 saturated heterocycles. The summed E-state index contributed by atoms with van der Waals surface area (Å²) in [6.07, 6.45) is 10.4. The monoisotopic (exact) mass is 489 g/mol. The minimum absolute atomic E-state index is 0.242. The molecule has 2 aliphatic rings. The molecular formula is C26H43N5O4. The summed E-state index contributed by atoms with van der Waals surface area (Å²) in [5.74, 6) is 0.880. The summed E-state index contributed by atoms with van der Waals surface area (Å²) in [5, 5.41) is 16.4. The van der Waals surface area contributed by atoms with Crippen molar-refractivity contribution in [2.24, 2.45) is 10.9 Å². The van der Waals surface area contributed by atoms with Gasteiger partial charge in [0.2, 0.25) is 12.4 Å². The molecule has 3 N–H and O–H groups in total. The van der Waals surface area contributed by atoms with Crippen molar-refractivity contribution in [3.63, 3.8) is 0 Å². The second-order valence-corrected chi connectivity index (χ2v) is 9.12. The second kappa shape index (κ2) is 15.4. The SMILES string of the molecule is CC=C(N=C(N/C(CC)=C(\C=O)N(CCNC=O)CC[C@@H]1CCCC1O)N(C)C)C1=CCOCC1. The maximum absolute atomic E-state index is 12.4. The van der Waals surface area contributed by atoms with Gasteiger partial charge in [-0.2, -0.15) is 0 Å². The molecule has 9 heteroatoms. The number of carbonyl (C=O) groups excluding carboxylic acids is 2. The molecule has 1 amide bonds. The van der Waals surface area contributed by atoms with Gasteiger partial charge in [-0.3, -0.25) is 9.59 Å². The van der Waals surface area contributed by atoms with Gasteiger partial charge in [0, 0.05) is 39.4 Å². The van der Waals surface area contributed by atoms with E-state index >= 15 is 0 Å². The third-order valence-electron chi connectivity index (χ3n) is 6.59. The van der Waals surface area contributed by atoms with Crippen LogP contribution in [0.5, 0.6) is 0 Å². The number of rotatable bonds is 13. The maximum atomic E-state index is 12.4. The minimum atomic E-state index is -0.274. The molecule has 0 aromatic rings. The summed E-state index contributed by atoms with van der Waals surface area (Å²) < 4.78 is 5.44. The number of allylic oxidation sites excluding steroid dienone is 4. The van der Waals surface area contributed by atoms with Gasteiger partial charge < -0.3 is 30.3 Å². The Morgan fingerprint density at radius 2 is 2.09 bits per heavy atom. The van der Waals surface area contributed by atoms with E-state index in [0.29, 0.717) is 57.3 Å². The highest BCUT2D eigenvalue weighted by Crippen LogP contribution is 2.29. The van der Waals surface area contributed by atoms with Crippen LogP contribution in [0.2, 0.25) is 0 Å². The number of hydrogen-bond donors (Lipinski definition) is 3. The molecule has 1 unspecified atom stereocenters. The first-order valence-corrected chi connectivity index (χ1v) is 12.7. The molecule has 0 aromatic heterocycles. The van der Waals surface area contributed by atoms with E-state index in [0.717, 1.165) is 55.4 Å². The molecule has 35 heavy (non-hydrogen) atoms. The van der Waals surface area contributed by atoms with Crippen LogP contribution in [0.25, 0.3) is 0 Å². The third kappa shape index (κ3) is 8.81. The first-order valence-electron chi connectivity index (χ1n) is 12.7. The molecule has 0 spiro atoms. The van der Waals surface area contributed by atoms with E-state index in [9.17, 15) is 14.7 Å². The number of aliphatic imine (C=N–C) groups is 1. The molecule has 1 fully saturated rings. The van der Waals surface area contributed by atoms with Crippen molar-refractivity contribution in [3.8, 4) is 0 Å². The Morgan fingerprint density at radius 3 is 2.63 bits per heavy atom. The van der Waals surface area contributed by atoms with Crippen molar-refractivity contribution in [3.05, 3.63) is 34.8 Å². The van der Waals surface area contributed by atoms with Gasteiger partial charge in [0.1, 0.15) is 0 Å². The van der Waals surface area contributed by atoms with Gasteiger partial charge in [0.25, 0.3) is 0 Å². The molecule has 196 valence electrons. The zero-order valence-electron chi connectivity index (χ0n) is 21.8. The number of guanidine groups is 1. The number of amides is 1. The standard InChI is InChI=1S/C26H43N5O4/c1-5-22(20-11-16-35-17-12-20)28-26(30(3)4)29-23(6-2)24(18-32)31(15-13-27-19-33)14-10-21-8-7-9-25(21)34/h5,11,18-19,21,25,34H,6-10,12-17H2,1-4H3,(H,27,33)(H,28,29)/b22-5?,24-23+/t21-,25?/m0/s1. The average Bonchev–Trinajstić information content (AvgIpc) is 3.28. The van der Waals surface area contributed by atoms with Crippen LogP contribution in [-0.2, 0) is 14.3 Å². The van der Waals surface area contributed by atoms with Crippen LogP contribution in [0.15, 0.2) is 39.8 Å². The number of aliphatic hydroxyl groups excluding tert-OH is 1. The number of carbonyl (C=O) groups is 2. The van der Waals surface area contributed by atoms with Crippen molar-refractivity contribution in [1.82, 2.24) is 20.4 Å². The molecule has 2 atom stereocenters. The van der Waals surface area contributed by atoms with Crippen molar-refractivity contribution >= 4 is 18.7 Å². The summed E-state index contributed by atoms with van der Waals surface area (Å²) in [6.45, 7) is 6.79. The lowest BCUT2D eigenvalue weighted by atomic mass is 10.0. The van der Waals surface area contributed by atoms with Gasteiger partial charge in [-0.25, -0.2) is 4.99 Å². The fourth-order valence-corrected chi connectivity index (χ4v) is 4.53. The van der Waals surface area contributed by atoms with Crippen LogP contribution in [-0.4, -0.2) is 86.6 Å². The highest BCUT2D eigenvalue weighted by atomic mass is 16.5. The Hall–Kier alpha value is -2.65. The van der Waals surface area contributed by atoms with E-state index in [4.69, 9.17) is 9.73 Å². The van der Waals surface area contributed by atoms with Gasteiger partial charge in [-0.1, -0.05) is 25.5 Å². The molecular weight excluding hydrogens is 446 g/mol. The van der Waals surface area contributed by atoms with Crippen LogP contribution < -0.4 is 10.6 Å².